The highest BCUT2D eigenvalue weighted by Gasteiger charge is 2.47. The zero-order valence-electron chi connectivity index (χ0n) is 10.9. The van der Waals surface area contributed by atoms with E-state index in [4.69, 9.17) is 0 Å². The molecule has 5 atom stereocenters. The van der Waals surface area contributed by atoms with Gasteiger partial charge in [0.15, 0.2) is 5.17 Å². The minimum atomic E-state index is -0.717. The van der Waals surface area contributed by atoms with Gasteiger partial charge in [-0.05, 0) is 18.3 Å². The van der Waals surface area contributed by atoms with Gasteiger partial charge in [-0.25, -0.2) is 0 Å². The highest BCUT2D eigenvalue weighted by atomic mass is 32.2. The molecule has 98 valence electrons. The number of hydrogen-bond acceptors (Lipinski definition) is 5. The number of rotatable bonds is 1. The Bertz CT molecular complexity index is 320. The van der Waals surface area contributed by atoms with E-state index in [0.29, 0.717) is 11.2 Å². The Kier molecular flexibility index (Phi) is 3.71. The number of amidine groups is 1. The molecule has 0 saturated heterocycles. The van der Waals surface area contributed by atoms with E-state index in [9.17, 15) is 10.2 Å². The predicted molar refractivity (Wildman–Crippen MR) is 71.2 cm³/mol. The Morgan fingerprint density at radius 2 is 1.94 bits per heavy atom. The van der Waals surface area contributed by atoms with Crippen molar-refractivity contribution in [3.8, 4) is 0 Å². The average molecular weight is 258 g/mol. The lowest BCUT2D eigenvalue weighted by molar-refractivity contribution is -0.0637. The molecule has 0 spiro atoms. The Balaban J connectivity index is 2.15. The predicted octanol–water partition coefficient (Wildman–Crippen LogP) is 0.786. The standard InChI is InChI=1S/C12H22N2O2S/c1-6(2)7-5-8-9(11(16)10(7)15)13-12(17-8)14(3)4/h6-11,15-16H,5H2,1-4H3. The Labute approximate surface area is 107 Å². The summed E-state index contributed by atoms with van der Waals surface area (Å²) in [6, 6.07) is -0.137. The third-order valence-corrected chi connectivity index (χ3v) is 5.23. The maximum atomic E-state index is 10.2. The molecule has 1 saturated carbocycles. The first kappa shape index (κ1) is 13.2. The lowest BCUT2D eigenvalue weighted by atomic mass is 9.76. The maximum absolute atomic E-state index is 10.2. The van der Waals surface area contributed by atoms with Crippen molar-refractivity contribution in [1.29, 1.82) is 0 Å². The first-order valence-electron chi connectivity index (χ1n) is 6.19. The molecule has 1 aliphatic carbocycles. The summed E-state index contributed by atoms with van der Waals surface area (Å²) in [7, 11) is 3.93. The number of aliphatic imine (C=N–C) groups is 1. The maximum Gasteiger partial charge on any atom is 0.159 e. The molecular formula is C12H22N2O2S. The van der Waals surface area contributed by atoms with Gasteiger partial charge in [-0.3, -0.25) is 4.99 Å². The topological polar surface area (TPSA) is 56.1 Å². The summed E-state index contributed by atoms with van der Waals surface area (Å²) in [6.07, 6.45) is -0.417. The molecule has 0 aromatic rings. The quantitative estimate of drug-likeness (QED) is 0.730. The van der Waals surface area contributed by atoms with Crippen LogP contribution in [0.4, 0.5) is 0 Å². The van der Waals surface area contributed by atoms with Gasteiger partial charge in [0.25, 0.3) is 0 Å². The number of hydrogen-bond donors (Lipinski definition) is 2. The van der Waals surface area contributed by atoms with Crippen LogP contribution in [0, 0.1) is 11.8 Å². The van der Waals surface area contributed by atoms with Crippen molar-refractivity contribution < 1.29 is 10.2 Å². The van der Waals surface area contributed by atoms with Gasteiger partial charge in [0.2, 0.25) is 0 Å². The Morgan fingerprint density at radius 3 is 2.47 bits per heavy atom. The fourth-order valence-corrected chi connectivity index (χ4v) is 4.02. The zero-order valence-corrected chi connectivity index (χ0v) is 11.7. The smallest absolute Gasteiger partial charge is 0.159 e. The summed E-state index contributed by atoms with van der Waals surface area (Å²) >= 11 is 1.73. The van der Waals surface area contributed by atoms with Crippen LogP contribution < -0.4 is 0 Å². The minimum Gasteiger partial charge on any atom is -0.390 e. The fourth-order valence-electron chi connectivity index (χ4n) is 2.68. The SMILES string of the molecule is CC(C)C1CC2SC(N(C)C)=NC2C(O)C1O. The normalized spacial score (nSPS) is 41.4. The molecule has 0 amide bonds. The summed E-state index contributed by atoms with van der Waals surface area (Å²) in [4.78, 5) is 6.51. The third-order valence-electron chi connectivity index (χ3n) is 3.78. The summed E-state index contributed by atoms with van der Waals surface area (Å²) < 4.78 is 0. The van der Waals surface area contributed by atoms with E-state index < -0.39 is 12.2 Å². The molecule has 0 aromatic heterocycles. The molecule has 2 aliphatic rings. The first-order valence-corrected chi connectivity index (χ1v) is 7.07. The van der Waals surface area contributed by atoms with Crippen molar-refractivity contribution in [3.05, 3.63) is 0 Å². The molecule has 17 heavy (non-hydrogen) atoms. The number of aliphatic hydroxyl groups is 2. The number of aliphatic hydroxyl groups excluding tert-OH is 2. The lowest BCUT2D eigenvalue weighted by Gasteiger charge is -2.40. The van der Waals surface area contributed by atoms with Crippen LogP contribution in [0.3, 0.4) is 0 Å². The van der Waals surface area contributed by atoms with Crippen LogP contribution in [-0.4, -0.2) is 57.9 Å². The van der Waals surface area contributed by atoms with E-state index in [1.165, 1.54) is 0 Å². The van der Waals surface area contributed by atoms with Crippen molar-refractivity contribution in [2.45, 2.75) is 43.8 Å². The molecular weight excluding hydrogens is 236 g/mol. The molecule has 5 heteroatoms. The van der Waals surface area contributed by atoms with Gasteiger partial charge in [0, 0.05) is 19.3 Å². The molecule has 1 aliphatic heterocycles. The zero-order chi connectivity index (χ0) is 12.7. The van der Waals surface area contributed by atoms with Crippen molar-refractivity contribution >= 4 is 16.9 Å². The van der Waals surface area contributed by atoms with Gasteiger partial charge >= 0.3 is 0 Å². The van der Waals surface area contributed by atoms with E-state index in [1.54, 1.807) is 11.8 Å². The van der Waals surface area contributed by atoms with E-state index in [2.05, 4.69) is 18.8 Å². The van der Waals surface area contributed by atoms with Crippen LogP contribution in [0.5, 0.6) is 0 Å². The second-order valence-corrected chi connectivity index (χ2v) is 6.78. The average Bonchev–Trinajstić information content (AvgIpc) is 2.67. The molecule has 4 nitrogen and oxygen atoms in total. The van der Waals surface area contributed by atoms with Crippen LogP contribution in [-0.2, 0) is 0 Å². The van der Waals surface area contributed by atoms with Crippen LogP contribution in [0.25, 0.3) is 0 Å². The molecule has 1 fully saturated rings. The monoisotopic (exact) mass is 258 g/mol. The molecule has 5 unspecified atom stereocenters. The number of fused-ring (bicyclic) bond motifs is 1. The largest absolute Gasteiger partial charge is 0.390 e. The van der Waals surface area contributed by atoms with Gasteiger partial charge in [0.1, 0.15) is 6.10 Å². The number of thioether (sulfide) groups is 1. The van der Waals surface area contributed by atoms with Crippen molar-refractivity contribution in [3.63, 3.8) is 0 Å². The molecule has 0 aromatic carbocycles. The molecule has 0 radical (unpaired) electrons. The lowest BCUT2D eigenvalue weighted by Crippen LogP contribution is -2.51. The first-order chi connectivity index (χ1) is 7.91. The highest BCUT2D eigenvalue weighted by molar-refractivity contribution is 8.14. The summed E-state index contributed by atoms with van der Waals surface area (Å²) in [5, 5.41) is 21.6. The van der Waals surface area contributed by atoms with Crippen molar-refractivity contribution in [1.82, 2.24) is 4.90 Å². The van der Waals surface area contributed by atoms with Crippen molar-refractivity contribution in [2.24, 2.45) is 16.8 Å². The van der Waals surface area contributed by atoms with E-state index in [1.807, 2.05) is 19.0 Å². The molecule has 1 heterocycles. The summed E-state index contributed by atoms with van der Waals surface area (Å²) in [5.74, 6) is 0.570. The molecule has 2 N–H and O–H groups in total. The second kappa shape index (κ2) is 4.78. The van der Waals surface area contributed by atoms with Crippen LogP contribution in [0.1, 0.15) is 20.3 Å². The van der Waals surface area contributed by atoms with Gasteiger partial charge in [-0.15, -0.1) is 0 Å². The van der Waals surface area contributed by atoms with Crippen molar-refractivity contribution in [2.75, 3.05) is 14.1 Å². The van der Waals surface area contributed by atoms with Crippen LogP contribution >= 0.6 is 11.8 Å². The van der Waals surface area contributed by atoms with E-state index >= 15 is 0 Å². The van der Waals surface area contributed by atoms with Crippen LogP contribution in [0.2, 0.25) is 0 Å². The van der Waals surface area contributed by atoms with Gasteiger partial charge in [0.05, 0.1) is 12.1 Å². The minimum absolute atomic E-state index is 0.137. The summed E-state index contributed by atoms with van der Waals surface area (Å²) in [5.41, 5.74) is 0. The van der Waals surface area contributed by atoms with Crippen LogP contribution in [0.15, 0.2) is 4.99 Å². The van der Waals surface area contributed by atoms with Gasteiger partial charge in [-0.1, -0.05) is 25.6 Å². The van der Waals surface area contributed by atoms with Gasteiger partial charge < -0.3 is 15.1 Å². The molecule has 2 rings (SSSR count). The van der Waals surface area contributed by atoms with Gasteiger partial charge in [-0.2, -0.15) is 0 Å². The summed E-state index contributed by atoms with van der Waals surface area (Å²) in [6.45, 7) is 4.21. The fraction of sp³-hybridized carbons (Fsp3) is 0.917. The third kappa shape index (κ3) is 2.33. The number of nitrogens with zero attached hydrogens (tertiary/aromatic N) is 2. The Hall–Kier alpha value is -0.260. The molecule has 0 bridgehead atoms. The Morgan fingerprint density at radius 1 is 1.29 bits per heavy atom. The van der Waals surface area contributed by atoms with E-state index in [0.717, 1.165) is 11.6 Å². The van der Waals surface area contributed by atoms with E-state index in [-0.39, 0.29) is 12.0 Å². The second-order valence-electron chi connectivity index (χ2n) is 5.58. The highest BCUT2D eigenvalue weighted by Crippen LogP contribution is 2.42.